The van der Waals surface area contributed by atoms with Crippen molar-refractivity contribution < 1.29 is 19.4 Å². The summed E-state index contributed by atoms with van der Waals surface area (Å²) in [5.74, 6) is -0.200. The normalized spacial score (nSPS) is 15.8. The quantitative estimate of drug-likeness (QED) is 0.550. The molecule has 2 N–H and O–H groups in total. The Hall–Kier alpha value is -3.53. The minimum atomic E-state index is -0.684. The Balaban J connectivity index is 1.68. The third kappa shape index (κ3) is 4.60. The second kappa shape index (κ2) is 8.44. The summed E-state index contributed by atoms with van der Waals surface area (Å²) in [6.45, 7) is 0.818. The van der Waals surface area contributed by atoms with Crippen molar-refractivity contribution in [2.45, 2.75) is 25.5 Å². The van der Waals surface area contributed by atoms with E-state index in [4.69, 9.17) is 4.74 Å². The Bertz CT molecular complexity index is 911. The number of nitrogens with one attached hydrogen (secondary N) is 2. The van der Waals surface area contributed by atoms with Gasteiger partial charge in [-0.05, 0) is 36.6 Å². The van der Waals surface area contributed by atoms with E-state index in [-0.39, 0.29) is 29.5 Å². The number of hydrogen-bond acceptors (Lipinski definition) is 7. The first kappa shape index (κ1) is 19.2. The van der Waals surface area contributed by atoms with E-state index in [0.29, 0.717) is 18.7 Å². The highest BCUT2D eigenvalue weighted by atomic mass is 16.6. The number of anilines is 2. The van der Waals surface area contributed by atoms with E-state index in [1.165, 1.54) is 12.1 Å². The van der Waals surface area contributed by atoms with Crippen LogP contribution in [0.3, 0.4) is 0 Å². The van der Waals surface area contributed by atoms with E-state index in [9.17, 15) is 25.0 Å². The fourth-order valence-corrected chi connectivity index (χ4v) is 2.90. The molecule has 0 bridgehead atoms. The highest BCUT2D eigenvalue weighted by Crippen LogP contribution is 2.29. The number of benzene rings is 2. The zero-order valence-electron chi connectivity index (χ0n) is 14.8. The van der Waals surface area contributed by atoms with E-state index in [2.05, 4.69) is 10.6 Å². The molecule has 28 heavy (non-hydrogen) atoms. The highest BCUT2D eigenvalue weighted by molar-refractivity contribution is 5.94. The zero-order chi connectivity index (χ0) is 20.1. The molecule has 0 saturated carbocycles. The summed E-state index contributed by atoms with van der Waals surface area (Å²) in [4.78, 5) is 32.8. The smallest absolute Gasteiger partial charge is 0.299 e. The standard InChI is InChI=1S/C18H18N4O6/c23-18(17-5-2-8-28-17)20-13-4-1-3-12(9-13)11-19-15-7-6-14(21(24)25)10-16(15)22(26)27/h1,3-4,6-7,9-10,17,19H,2,5,8,11H2,(H,20,23). The zero-order valence-corrected chi connectivity index (χ0v) is 14.8. The molecule has 146 valence electrons. The molecule has 3 rings (SSSR count). The summed E-state index contributed by atoms with van der Waals surface area (Å²) in [5, 5.41) is 27.7. The molecule has 1 atom stereocenters. The molecule has 0 aliphatic carbocycles. The summed E-state index contributed by atoms with van der Waals surface area (Å²) in [5.41, 5.74) is 0.813. The number of nitro benzene ring substituents is 2. The topological polar surface area (TPSA) is 137 Å². The molecular weight excluding hydrogens is 368 g/mol. The molecule has 0 radical (unpaired) electrons. The van der Waals surface area contributed by atoms with Crippen LogP contribution in [0.5, 0.6) is 0 Å². The first-order valence-electron chi connectivity index (χ1n) is 8.62. The van der Waals surface area contributed by atoms with Gasteiger partial charge in [0, 0.05) is 24.9 Å². The number of rotatable bonds is 7. The van der Waals surface area contributed by atoms with Gasteiger partial charge in [0.1, 0.15) is 11.8 Å². The highest BCUT2D eigenvalue weighted by Gasteiger charge is 2.23. The van der Waals surface area contributed by atoms with Gasteiger partial charge >= 0.3 is 0 Å². The summed E-state index contributed by atoms with van der Waals surface area (Å²) in [6.07, 6.45) is 1.11. The average molecular weight is 386 g/mol. The molecular formula is C18H18N4O6. The fraction of sp³-hybridized carbons (Fsp3) is 0.278. The monoisotopic (exact) mass is 386 g/mol. The van der Waals surface area contributed by atoms with Gasteiger partial charge < -0.3 is 15.4 Å². The van der Waals surface area contributed by atoms with Gasteiger partial charge in [0.05, 0.1) is 15.9 Å². The Morgan fingerprint density at radius 1 is 1.14 bits per heavy atom. The molecule has 1 aliphatic rings. The number of carbonyl (C=O) groups is 1. The maximum absolute atomic E-state index is 12.1. The molecule has 1 saturated heterocycles. The number of nitrogens with zero attached hydrogens (tertiary/aromatic N) is 2. The molecule has 0 spiro atoms. The lowest BCUT2D eigenvalue weighted by molar-refractivity contribution is -0.393. The molecule has 1 amide bonds. The van der Waals surface area contributed by atoms with Crippen LogP contribution in [0.2, 0.25) is 0 Å². The minimum absolute atomic E-state index is 0.171. The molecule has 10 nitrogen and oxygen atoms in total. The fourth-order valence-electron chi connectivity index (χ4n) is 2.90. The summed E-state index contributed by atoms with van der Waals surface area (Å²) in [7, 11) is 0. The summed E-state index contributed by atoms with van der Waals surface area (Å²) in [6, 6.07) is 10.5. The van der Waals surface area contributed by atoms with Crippen molar-refractivity contribution in [1.82, 2.24) is 0 Å². The first-order chi connectivity index (χ1) is 13.4. The number of non-ortho nitro benzene ring substituents is 1. The molecule has 1 fully saturated rings. The van der Waals surface area contributed by atoms with Crippen molar-refractivity contribution in [3.05, 3.63) is 68.3 Å². The van der Waals surface area contributed by atoms with Crippen LogP contribution >= 0.6 is 0 Å². The maximum atomic E-state index is 12.1. The Morgan fingerprint density at radius 2 is 1.96 bits per heavy atom. The molecule has 2 aromatic carbocycles. The van der Waals surface area contributed by atoms with Gasteiger partial charge in [-0.1, -0.05) is 12.1 Å². The van der Waals surface area contributed by atoms with Crippen molar-refractivity contribution >= 4 is 28.7 Å². The van der Waals surface area contributed by atoms with E-state index < -0.39 is 16.0 Å². The maximum Gasteiger partial charge on any atom is 0.299 e. The number of ether oxygens (including phenoxy) is 1. The molecule has 1 unspecified atom stereocenters. The average Bonchev–Trinajstić information content (AvgIpc) is 3.21. The molecule has 2 aromatic rings. The minimum Gasteiger partial charge on any atom is -0.375 e. The lowest BCUT2D eigenvalue weighted by Crippen LogP contribution is -2.26. The Morgan fingerprint density at radius 3 is 2.64 bits per heavy atom. The Kier molecular flexibility index (Phi) is 5.80. The van der Waals surface area contributed by atoms with Gasteiger partial charge in [-0.25, -0.2) is 0 Å². The SMILES string of the molecule is O=C(Nc1cccc(CNc2ccc([N+](=O)[O-])cc2[N+](=O)[O-])c1)C1CCCO1. The van der Waals surface area contributed by atoms with Crippen molar-refractivity contribution in [3.8, 4) is 0 Å². The third-order valence-electron chi connectivity index (χ3n) is 4.29. The van der Waals surface area contributed by atoms with Gasteiger partial charge in [0.25, 0.3) is 17.3 Å². The van der Waals surface area contributed by atoms with Crippen molar-refractivity contribution in [1.29, 1.82) is 0 Å². The van der Waals surface area contributed by atoms with Crippen molar-refractivity contribution in [3.63, 3.8) is 0 Å². The van der Waals surface area contributed by atoms with Gasteiger partial charge in [0.15, 0.2) is 0 Å². The van der Waals surface area contributed by atoms with Crippen molar-refractivity contribution in [2.75, 3.05) is 17.2 Å². The molecule has 10 heteroatoms. The number of carbonyl (C=O) groups excluding carboxylic acids is 1. The summed E-state index contributed by atoms with van der Waals surface area (Å²) >= 11 is 0. The number of hydrogen-bond donors (Lipinski definition) is 2. The second-order valence-electron chi connectivity index (χ2n) is 6.26. The van der Waals surface area contributed by atoms with Crippen LogP contribution in [0, 0.1) is 20.2 Å². The van der Waals surface area contributed by atoms with Crippen LogP contribution in [0.1, 0.15) is 18.4 Å². The van der Waals surface area contributed by atoms with E-state index in [0.717, 1.165) is 18.1 Å². The lowest BCUT2D eigenvalue weighted by Gasteiger charge is -2.12. The van der Waals surface area contributed by atoms with Crippen LogP contribution in [-0.4, -0.2) is 28.5 Å². The van der Waals surface area contributed by atoms with Gasteiger partial charge in [0.2, 0.25) is 0 Å². The van der Waals surface area contributed by atoms with Gasteiger partial charge in [-0.3, -0.25) is 25.0 Å². The van der Waals surface area contributed by atoms with Gasteiger partial charge in [-0.15, -0.1) is 0 Å². The first-order valence-corrected chi connectivity index (χ1v) is 8.62. The van der Waals surface area contributed by atoms with Gasteiger partial charge in [-0.2, -0.15) is 0 Å². The van der Waals surface area contributed by atoms with Crippen molar-refractivity contribution in [2.24, 2.45) is 0 Å². The number of nitro groups is 2. The third-order valence-corrected chi connectivity index (χ3v) is 4.29. The molecule has 1 heterocycles. The Labute approximate surface area is 159 Å². The van der Waals surface area contributed by atoms with E-state index >= 15 is 0 Å². The predicted molar refractivity (Wildman–Crippen MR) is 101 cm³/mol. The van der Waals surface area contributed by atoms with E-state index in [1.54, 1.807) is 24.3 Å². The van der Waals surface area contributed by atoms with Crippen LogP contribution in [-0.2, 0) is 16.1 Å². The van der Waals surface area contributed by atoms with Crippen LogP contribution in [0.25, 0.3) is 0 Å². The molecule has 1 aliphatic heterocycles. The number of amides is 1. The summed E-state index contributed by atoms with van der Waals surface area (Å²) < 4.78 is 5.35. The van der Waals surface area contributed by atoms with Crippen LogP contribution in [0.4, 0.5) is 22.7 Å². The predicted octanol–water partition coefficient (Wildman–Crippen LogP) is 3.23. The second-order valence-corrected chi connectivity index (χ2v) is 6.26. The largest absolute Gasteiger partial charge is 0.375 e. The molecule has 0 aromatic heterocycles. The van der Waals surface area contributed by atoms with Crippen LogP contribution < -0.4 is 10.6 Å². The van der Waals surface area contributed by atoms with Crippen LogP contribution in [0.15, 0.2) is 42.5 Å². The van der Waals surface area contributed by atoms with E-state index in [1.807, 2.05) is 0 Å². The lowest BCUT2D eigenvalue weighted by atomic mass is 10.1.